The molecule has 0 spiro atoms. The lowest BCUT2D eigenvalue weighted by molar-refractivity contribution is -0.141. The average Bonchev–Trinajstić information content (AvgIpc) is 2.93. The van der Waals surface area contributed by atoms with Crippen LogP contribution in [0, 0.1) is 5.92 Å². The maximum absolute atomic E-state index is 12.9. The van der Waals surface area contributed by atoms with Crippen molar-refractivity contribution in [1.29, 1.82) is 0 Å². The molecule has 150 valence electrons. The molecule has 6 nitrogen and oxygen atoms in total. The van der Waals surface area contributed by atoms with Gasteiger partial charge in [-0.1, -0.05) is 37.7 Å². The van der Waals surface area contributed by atoms with Crippen molar-refractivity contribution in [2.45, 2.75) is 45.9 Å². The van der Waals surface area contributed by atoms with Gasteiger partial charge < -0.3 is 9.47 Å². The highest BCUT2D eigenvalue weighted by molar-refractivity contribution is 8.15. The fourth-order valence-corrected chi connectivity index (χ4v) is 4.24. The zero-order valence-corrected chi connectivity index (χ0v) is 17.7. The van der Waals surface area contributed by atoms with E-state index >= 15 is 0 Å². The normalized spacial score (nSPS) is 21.7. The Morgan fingerprint density at radius 2 is 1.96 bits per heavy atom. The summed E-state index contributed by atoms with van der Waals surface area (Å²) in [6.45, 7) is 10.4. The molecule has 7 heteroatoms. The summed E-state index contributed by atoms with van der Waals surface area (Å²) >= 11 is 1.42. The number of hydrogen-bond donors (Lipinski definition) is 0. The highest BCUT2D eigenvalue weighted by atomic mass is 32.2. The molecular weight excluding hydrogens is 376 g/mol. The number of rotatable bonds is 6. The molecule has 0 N–H and O–H groups in total. The summed E-state index contributed by atoms with van der Waals surface area (Å²) in [5.74, 6) is 0.492. The molecule has 2 heterocycles. The van der Waals surface area contributed by atoms with Crippen molar-refractivity contribution < 1.29 is 19.1 Å². The molecule has 0 unspecified atom stereocenters. The van der Waals surface area contributed by atoms with Crippen LogP contribution in [0.5, 0.6) is 5.75 Å². The number of amides is 1. The minimum absolute atomic E-state index is 0.0516. The average molecular weight is 403 g/mol. The van der Waals surface area contributed by atoms with Crippen LogP contribution < -0.4 is 4.74 Å². The molecule has 0 saturated carbocycles. The van der Waals surface area contributed by atoms with Gasteiger partial charge in [0.1, 0.15) is 5.75 Å². The number of thioether (sulfide) groups is 1. The Balaban J connectivity index is 2.03. The third-order valence-corrected chi connectivity index (χ3v) is 5.59. The molecule has 0 aliphatic carbocycles. The summed E-state index contributed by atoms with van der Waals surface area (Å²) in [6.07, 6.45) is 0. The first kappa shape index (κ1) is 20.5. The van der Waals surface area contributed by atoms with E-state index in [9.17, 15) is 9.59 Å². The minimum atomic E-state index is -0.548. The SMILES string of the molecule is CCOc1ccc([C@H]2C(C(=O)OCC(C)C)=C(C)N=C3S[C@@H](C)C(=O)N32)cc1. The number of amidine groups is 1. The fraction of sp³-hybridized carbons (Fsp3) is 0.476. The molecule has 1 aromatic rings. The lowest BCUT2D eigenvalue weighted by Crippen LogP contribution is -2.40. The molecule has 28 heavy (non-hydrogen) atoms. The van der Waals surface area contributed by atoms with Crippen LogP contribution in [0.15, 0.2) is 40.5 Å². The Bertz CT molecular complexity index is 829. The Morgan fingerprint density at radius 3 is 2.57 bits per heavy atom. The molecular formula is C21H26N2O4S. The predicted molar refractivity (Wildman–Crippen MR) is 110 cm³/mol. The first-order valence-electron chi connectivity index (χ1n) is 9.52. The van der Waals surface area contributed by atoms with E-state index in [0.29, 0.717) is 29.7 Å². The number of esters is 1. The number of ether oxygens (including phenoxy) is 2. The van der Waals surface area contributed by atoms with Crippen LogP contribution >= 0.6 is 11.8 Å². The van der Waals surface area contributed by atoms with Gasteiger partial charge in [-0.05, 0) is 44.4 Å². The van der Waals surface area contributed by atoms with Crippen molar-refractivity contribution in [2.24, 2.45) is 10.9 Å². The van der Waals surface area contributed by atoms with Crippen LogP contribution in [0.2, 0.25) is 0 Å². The van der Waals surface area contributed by atoms with Crippen LogP contribution in [0.4, 0.5) is 0 Å². The van der Waals surface area contributed by atoms with Crippen molar-refractivity contribution in [3.8, 4) is 5.75 Å². The third-order valence-electron chi connectivity index (χ3n) is 4.53. The van der Waals surface area contributed by atoms with Gasteiger partial charge in [0.25, 0.3) is 0 Å². The summed E-state index contributed by atoms with van der Waals surface area (Å²) in [6, 6.07) is 6.94. The largest absolute Gasteiger partial charge is 0.494 e. The van der Waals surface area contributed by atoms with E-state index in [1.165, 1.54) is 11.8 Å². The molecule has 3 rings (SSSR count). The van der Waals surface area contributed by atoms with Crippen molar-refractivity contribution >= 4 is 28.8 Å². The molecule has 2 aliphatic rings. The van der Waals surface area contributed by atoms with Gasteiger partial charge in [0.15, 0.2) is 5.17 Å². The first-order chi connectivity index (χ1) is 13.3. The van der Waals surface area contributed by atoms with Crippen LogP contribution in [0.25, 0.3) is 0 Å². The van der Waals surface area contributed by atoms with Crippen molar-refractivity contribution in [3.63, 3.8) is 0 Å². The van der Waals surface area contributed by atoms with Crippen molar-refractivity contribution in [3.05, 3.63) is 41.1 Å². The zero-order chi connectivity index (χ0) is 20.4. The van der Waals surface area contributed by atoms with Gasteiger partial charge in [0.2, 0.25) is 5.91 Å². The zero-order valence-electron chi connectivity index (χ0n) is 16.9. The van der Waals surface area contributed by atoms with E-state index in [1.807, 2.05) is 52.0 Å². The Labute approximate surface area is 170 Å². The molecule has 1 amide bonds. The number of carbonyl (C=O) groups is 2. The van der Waals surface area contributed by atoms with Gasteiger partial charge in [0.05, 0.1) is 35.8 Å². The lowest BCUT2D eigenvalue weighted by Gasteiger charge is -2.33. The highest BCUT2D eigenvalue weighted by Crippen LogP contribution is 2.43. The number of benzene rings is 1. The number of aliphatic imine (C=N–C) groups is 1. The first-order valence-corrected chi connectivity index (χ1v) is 10.4. The van der Waals surface area contributed by atoms with E-state index < -0.39 is 12.0 Å². The second-order valence-electron chi connectivity index (χ2n) is 7.26. The Hall–Kier alpha value is -2.28. The quantitative estimate of drug-likeness (QED) is 0.675. The molecule has 0 aromatic heterocycles. The van der Waals surface area contributed by atoms with Crippen LogP contribution in [0.3, 0.4) is 0 Å². The molecule has 1 saturated heterocycles. The smallest absolute Gasteiger partial charge is 0.338 e. The van der Waals surface area contributed by atoms with E-state index in [-0.39, 0.29) is 17.1 Å². The molecule has 1 aromatic carbocycles. The summed E-state index contributed by atoms with van der Waals surface area (Å²) in [4.78, 5) is 31.9. The van der Waals surface area contributed by atoms with Gasteiger partial charge in [-0.15, -0.1) is 0 Å². The molecule has 2 aliphatic heterocycles. The number of nitrogens with zero attached hydrogens (tertiary/aromatic N) is 2. The van der Waals surface area contributed by atoms with E-state index in [2.05, 4.69) is 4.99 Å². The Kier molecular flexibility index (Phi) is 6.13. The maximum atomic E-state index is 12.9. The summed E-state index contributed by atoms with van der Waals surface area (Å²) < 4.78 is 11.0. The standard InChI is InChI=1S/C21H26N2O4S/c1-6-26-16-9-7-15(8-10-16)18-17(20(25)27-11-12(2)3)13(4)22-21-23(18)19(24)14(5)28-21/h7-10,12,14,18H,6,11H2,1-5H3/t14-,18-/m0/s1. The monoisotopic (exact) mass is 402 g/mol. The summed E-state index contributed by atoms with van der Waals surface area (Å²) in [5.41, 5.74) is 1.83. The molecule has 2 atom stereocenters. The van der Waals surface area contributed by atoms with Gasteiger partial charge in [0, 0.05) is 0 Å². The van der Waals surface area contributed by atoms with Gasteiger partial charge in [-0.25, -0.2) is 9.79 Å². The Morgan fingerprint density at radius 1 is 1.29 bits per heavy atom. The number of carbonyl (C=O) groups excluding carboxylic acids is 2. The molecule has 1 fully saturated rings. The highest BCUT2D eigenvalue weighted by Gasteiger charge is 2.46. The van der Waals surface area contributed by atoms with E-state index in [0.717, 1.165) is 11.3 Å². The van der Waals surface area contributed by atoms with Gasteiger partial charge >= 0.3 is 5.97 Å². The number of fused-ring (bicyclic) bond motifs is 1. The fourth-order valence-electron chi connectivity index (χ4n) is 3.21. The van der Waals surface area contributed by atoms with Crippen LogP contribution in [0.1, 0.15) is 46.2 Å². The maximum Gasteiger partial charge on any atom is 0.338 e. The predicted octanol–water partition coefficient (Wildman–Crippen LogP) is 3.93. The van der Waals surface area contributed by atoms with E-state index in [1.54, 1.807) is 11.8 Å². The van der Waals surface area contributed by atoms with Crippen LogP contribution in [-0.4, -0.2) is 40.4 Å². The number of allylic oxidation sites excluding steroid dienone is 1. The number of hydrogen-bond acceptors (Lipinski definition) is 6. The molecule has 0 radical (unpaired) electrons. The van der Waals surface area contributed by atoms with E-state index in [4.69, 9.17) is 9.47 Å². The topological polar surface area (TPSA) is 68.2 Å². The van der Waals surface area contributed by atoms with Crippen LogP contribution in [-0.2, 0) is 14.3 Å². The lowest BCUT2D eigenvalue weighted by atomic mass is 9.94. The summed E-state index contributed by atoms with van der Waals surface area (Å²) in [7, 11) is 0. The van der Waals surface area contributed by atoms with Gasteiger partial charge in [-0.2, -0.15) is 0 Å². The second kappa shape index (κ2) is 8.39. The van der Waals surface area contributed by atoms with Crippen molar-refractivity contribution in [2.75, 3.05) is 13.2 Å². The minimum Gasteiger partial charge on any atom is -0.494 e. The third kappa shape index (κ3) is 3.94. The van der Waals surface area contributed by atoms with Gasteiger partial charge in [-0.3, -0.25) is 9.69 Å². The molecule has 0 bridgehead atoms. The second-order valence-corrected chi connectivity index (χ2v) is 8.57. The van der Waals surface area contributed by atoms with Crippen molar-refractivity contribution in [1.82, 2.24) is 4.90 Å². The summed E-state index contributed by atoms with van der Waals surface area (Å²) in [5, 5.41) is 0.400.